The average Bonchev–Trinajstić information content (AvgIpc) is 3.59. The van der Waals surface area contributed by atoms with Crippen molar-refractivity contribution in [1.82, 2.24) is 9.97 Å². The summed E-state index contributed by atoms with van der Waals surface area (Å²) in [7, 11) is 0. The molecule has 1 heterocycles. The number of anilines is 4. The lowest BCUT2D eigenvalue weighted by Gasteiger charge is -2.21. The van der Waals surface area contributed by atoms with Gasteiger partial charge in [0.05, 0.1) is 5.69 Å². The molecule has 0 amide bonds. The van der Waals surface area contributed by atoms with E-state index in [1.807, 2.05) is 12.1 Å². The van der Waals surface area contributed by atoms with E-state index in [4.69, 9.17) is 5.41 Å². The molecule has 1 aliphatic rings. The van der Waals surface area contributed by atoms with Gasteiger partial charge in [-0.25, -0.2) is 4.98 Å². The fourth-order valence-corrected chi connectivity index (χ4v) is 3.67. The fraction of sp³-hybridized carbons (Fsp3) is 0.542. The molecule has 9 heteroatoms. The van der Waals surface area contributed by atoms with E-state index in [0.717, 1.165) is 50.5 Å². The minimum atomic E-state index is -4.54. The van der Waals surface area contributed by atoms with Crippen molar-refractivity contribution in [1.29, 1.82) is 5.41 Å². The summed E-state index contributed by atoms with van der Waals surface area (Å²) in [6, 6.07) is 5.51. The summed E-state index contributed by atoms with van der Waals surface area (Å²) < 4.78 is 40.1. The lowest BCUT2D eigenvalue weighted by atomic mass is 9.92. The molecular formula is C24H33F3N6. The first-order chi connectivity index (χ1) is 15.7. The number of alkyl halides is 3. The molecule has 4 N–H and O–H groups in total. The summed E-state index contributed by atoms with van der Waals surface area (Å²) in [6.07, 6.45) is 2.48. The maximum absolute atomic E-state index is 13.4. The van der Waals surface area contributed by atoms with Crippen LogP contribution in [0.5, 0.6) is 0 Å². The highest BCUT2D eigenvalue weighted by atomic mass is 19.4. The standard InChI is InChI=1S/C24H33F3N6/c1-4-15(3)11-16(5-2)13-29-20-7-6-8-21(18(20)12-28)32-23-30-14-19(24(25,26)27)22(33-23)31-17-9-10-17/h6-8,12,14-17,28-29H,4-5,9-11,13H2,1-3H3,(H2,30,31,32,33). The fourth-order valence-electron chi connectivity index (χ4n) is 3.67. The van der Waals surface area contributed by atoms with Crippen LogP contribution in [-0.2, 0) is 6.18 Å². The van der Waals surface area contributed by atoms with E-state index < -0.39 is 11.7 Å². The number of nitrogens with zero attached hydrogens (tertiary/aromatic N) is 2. The number of hydrogen-bond donors (Lipinski definition) is 4. The predicted octanol–water partition coefficient (Wildman–Crippen LogP) is 6.69. The summed E-state index contributed by atoms with van der Waals surface area (Å²) in [4.78, 5) is 7.99. The number of halogens is 3. The van der Waals surface area contributed by atoms with Gasteiger partial charge in [0, 0.05) is 36.2 Å². The van der Waals surface area contributed by atoms with Crippen LogP contribution in [0.1, 0.15) is 64.0 Å². The first-order valence-electron chi connectivity index (χ1n) is 11.6. The Hall–Kier alpha value is -2.84. The molecule has 180 valence electrons. The third-order valence-electron chi connectivity index (χ3n) is 6.10. The molecule has 1 aliphatic carbocycles. The number of hydrogen-bond acceptors (Lipinski definition) is 6. The number of rotatable bonds is 12. The second-order valence-corrected chi connectivity index (χ2v) is 8.81. The molecule has 1 saturated carbocycles. The van der Waals surface area contributed by atoms with Gasteiger partial charge < -0.3 is 21.4 Å². The summed E-state index contributed by atoms with van der Waals surface area (Å²) in [6.45, 7) is 7.42. The quantitative estimate of drug-likeness (QED) is 0.264. The highest BCUT2D eigenvalue weighted by Gasteiger charge is 2.37. The molecule has 3 rings (SSSR count). The van der Waals surface area contributed by atoms with Gasteiger partial charge in [0.25, 0.3) is 0 Å². The molecule has 2 atom stereocenters. The van der Waals surface area contributed by atoms with Crippen LogP contribution in [0.3, 0.4) is 0 Å². The lowest BCUT2D eigenvalue weighted by molar-refractivity contribution is -0.137. The van der Waals surface area contributed by atoms with Crippen molar-refractivity contribution < 1.29 is 13.2 Å². The van der Waals surface area contributed by atoms with E-state index in [2.05, 4.69) is 46.7 Å². The van der Waals surface area contributed by atoms with Gasteiger partial charge in [-0.2, -0.15) is 18.2 Å². The average molecular weight is 463 g/mol. The number of nitrogens with one attached hydrogen (secondary N) is 4. The smallest absolute Gasteiger partial charge is 0.384 e. The summed E-state index contributed by atoms with van der Waals surface area (Å²) >= 11 is 0. The summed E-state index contributed by atoms with van der Waals surface area (Å²) in [5, 5.41) is 17.2. The zero-order chi connectivity index (χ0) is 24.0. The van der Waals surface area contributed by atoms with E-state index in [9.17, 15) is 13.2 Å². The Morgan fingerprint density at radius 2 is 1.91 bits per heavy atom. The van der Waals surface area contributed by atoms with Gasteiger partial charge in [-0.1, -0.05) is 39.7 Å². The van der Waals surface area contributed by atoms with Crippen LogP contribution in [-0.4, -0.2) is 28.8 Å². The maximum Gasteiger partial charge on any atom is 0.421 e. The molecule has 0 bridgehead atoms. The Kier molecular flexibility index (Phi) is 8.15. The molecular weight excluding hydrogens is 429 g/mol. The summed E-state index contributed by atoms with van der Waals surface area (Å²) in [5.41, 5.74) is 1.08. The minimum Gasteiger partial charge on any atom is -0.384 e. The van der Waals surface area contributed by atoms with Gasteiger partial charge in [-0.3, -0.25) is 0 Å². The van der Waals surface area contributed by atoms with Crippen LogP contribution in [0.4, 0.5) is 36.3 Å². The van der Waals surface area contributed by atoms with E-state index in [1.54, 1.807) is 6.07 Å². The van der Waals surface area contributed by atoms with Crippen molar-refractivity contribution in [3.63, 3.8) is 0 Å². The van der Waals surface area contributed by atoms with Gasteiger partial charge >= 0.3 is 6.18 Å². The second kappa shape index (κ2) is 10.9. The zero-order valence-electron chi connectivity index (χ0n) is 19.4. The van der Waals surface area contributed by atoms with Crippen LogP contribution in [0, 0.1) is 17.2 Å². The van der Waals surface area contributed by atoms with Crippen molar-refractivity contribution in [3.05, 3.63) is 35.5 Å². The first-order valence-corrected chi connectivity index (χ1v) is 11.6. The van der Waals surface area contributed by atoms with Gasteiger partial charge in [0.1, 0.15) is 11.4 Å². The van der Waals surface area contributed by atoms with E-state index >= 15 is 0 Å². The van der Waals surface area contributed by atoms with Gasteiger partial charge in [-0.05, 0) is 43.2 Å². The van der Waals surface area contributed by atoms with Crippen LogP contribution in [0.2, 0.25) is 0 Å². The zero-order valence-corrected chi connectivity index (χ0v) is 19.4. The normalized spacial score (nSPS) is 15.6. The Balaban J connectivity index is 1.79. The summed E-state index contributed by atoms with van der Waals surface area (Å²) in [5.74, 6) is 1.00. The van der Waals surface area contributed by atoms with Crippen LogP contribution in [0.15, 0.2) is 24.4 Å². The molecule has 0 saturated heterocycles. The van der Waals surface area contributed by atoms with Crippen LogP contribution >= 0.6 is 0 Å². The maximum atomic E-state index is 13.4. The van der Waals surface area contributed by atoms with Crippen molar-refractivity contribution >= 4 is 29.4 Å². The Morgan fingerprint density at radius 3 is 2.52 bits per heavy atom. The molecule has 33 heavy (non-hydrogen) atoms. The topological polar surface area (TPSA) is 85.7 Å². The largest absolute Gasteiger partial charge is 0.421 e. The molecule has 2 aromatic rings. The highest BCUT2D eigenvalue weighted by molar-refractivity contribution is 5.94. The van der Waals surface area contributed by atoms with E-state index in [1.165, 1.54) is 6.21 Å². The van der Waals surface area contributed by atoms with Gasteiger partial charge in [0.2, 0.25) is 5.95 Å². The Morgan fingerprint density at radius 1 is 1.18 bits per heavy atom. The monoisotopic (exact) mass is 462 g/mol. The number of aromatic nitrogens is 2. The molecule has 6 nitrogen and oxygen atoms in total. The molecule has 1 aromatic carbocycles. The Bertz CT molecular complexity index is 942. The number of benzene rings is 1. The minimum absolute atomic E-state index is 0.0143. The molecule has 1 aromatic heterocycles. The first kappa shape index (κ1) is 24.8. The highest BCUT2D eigenvalue weighted by Crippen LogP contribution is 2.36. The van der Waals surface area contributed by atoms with Gasteiger partial charge in [-0.15, -0.1) is 0 Å². The van der Waals surface area contributed by atoms with Gasteiger partial charge in [0.15, 0.2) is 0 Å². The predicted molar refractivity (Wildman–Crippen MR) is 128 cm³/mol. The molecule has 0 radical (unpaired) electrons. The van der Waals surface area contributed by atoms with Crippen molar-refractivity contribution in [2.75, 3.05) is 22.5 Å². The van der Waals surface area contributed by atoms with E-state index in [0.29, 0.717) is 23.1 Å². The van der Waals surface area contributed by atoms with Crippen molar-refractivity contribution in [2.45, 2.75) is 65.1 Å². The SMILES string of the molecule is CCC(C)CC(CC)CNc1cccc(Nc2ncc(C(F)(F)F)c(NC3CC3)n2)c1C=N. The second-order valence-electron chi connectivity index (χ2n) is 8.81. The molecule has 2 unspecified atom stereocenters. The lowest BCUT2D eigenvalue weighted by Crippen LogP contribution is -2.17. The molecule has 0 aliphatic heterocycles. The van der Waals surface area contributed by atoms with Crippen LogP contribution in [0.25, 0.3) is 0 Å². The van der Waals surface area contributed by atoms with Crippen molar-refractivity contribution in [2.24, 2.45) is 11.8 Å². The third-order valence-corrected chi connectivity index (χ3v) is 6.10. The van der Waals surface area contributed by atoms with Crippen LogP contribution < -0.4 is 16.0 Å². The molecule has 1 fully saturated rings. The molecule has 0 spiro atoms. The Labute approximate surface area is 193 Å². The third kappa shape index (κ3) is 6.82. The van der Waals surface area contributed by atoms with E-state index in [-0.39, 0.29) is 17.8 Å². The van der Waals surface area contributed by atoms with Crippen molar-refractivity contribution in [3.8, 4) is 0 Å².